The summed E-state index contributed by atoms with van der Waals surface area (Å²) in [5, 5.41) is 0. The van der Waals surface area contributed by atoms with Crippen molar-refractivity contribution in [2.45, 2.75) is 72.6 Å². The molecule has 0 spiro atoms. The molecule has 1 rings (SSSR count). The van der Waals surface area contributed by atoms with E-state index in [1.807, 2.05) is 0 Å². The first-order valence-corrected chi connectivity index (χ1v) is 6.20. The van der Waals surface area contributed by atoms with E-state index < -0.39 is 0 Å². The molecule has 0 bridgehead atoms. The highest BCUT2D eigenvalue weighted by molar-refractivity contribution is 4.99. The summed E-state index contributed by atoms with van der Waals surface area (Å²) in [6.45, 7) is 9.59. The van der Waals surface area contributed by atoms with Crippen molar-refractivity contribution in [1.29, 1.82) is 0 Å². The first-order chi connectivity index (χ1) is 6.20. The van der Waals surface area contributed by atoms with Crippen LogP contribution in [0.15, 0.2) is 0 Å². The second-order valence-corrected chi connectivity index (χ2v) is 4.83. The lowest BCUT2D eigenvalue weighted by Crippen LogP contribution is -2.35. The minimum absolute atomic E-state index is 0.691. The van der Waals surface area contributed by atoms with Crippen molar-refractivity contribution < 1.29 is 0 Å². The lowest BCUT2D eigenvalue weighted by Gasteiger charge is -2.45. The molecule has 0 saturated heterocycles. The molecule has 0 heteroatoms. The molecule has 1 aliphatic carbocycles. The maximum Gasteiger partial charge on any atom is -0.0246 e. The Morgan fingerprint density at radius 2 is 1.00 bits per heavy atom. The van der Waals surface area contributed by atoms with Crippen molar-refractivity contribution in [1.82, 2.24) is 0 Å². The quantitative estimate of drug-likeness (QED) is 0.587. The van der Waals surface area contributed by atoms with Crippen LogP contribution < -0.4 is 0 Å². The van der Waals surface area contributed by atoms with Gasteiger partial charge in [-0.05, 0) is 49.4 Å². The normalized spacial score (nSPS) is 24.9. The third-order valence-corrected chi connectivity index (χ3v) is 5.14. The summed E-state index contributed by atoms with van der Waals surface area (Å²) < 4.78 is 0. The van der Waals surface area contributed by atoms with Crippen LogP contribution in [0.3, 0.4) is 0 Å². The average Bonchev–Trinajstić information content (AvgIpc) is 2.57. The Morgan fingerprint density at radius 3 is 1.23 bits per heavy atom. The van der Waals surface area contributed by atoms with Crippen molar-refractivity contribution >= 4 is 0 Å². The van der Waals surface area contributed by atoms with Gasteiger partial charge in [-0.2, -0.15) is 0 Å². The largest absolute Gasteiger partial charge is 0.0648 e. The summed E-state index contributed by atoms with van der Waals surface area (Å²) in [5.41, 5.74) is 1.38. The second kappa shape index (κ2) is 4.02. The smallest absolute Gasteiger partial charge is 0.0246 e. The Hall–Kier alpha value is 0. The van der Waals surface area contributed by atoms with E-state index in [4.69, 9.17) is 0 Å². The topological polar surface area (TPSA) is 0 Å². The van der Waals surface area contributed by atoms with Crippen LogP contribution in [-0.2, 0) is 0 Å². The molecule has 1 aliphatic rings. The highest BCUT2D eigenvalue weighted by Crippen LogP contribution is 2.60. The van der Waals surface area contributed by atoms with Crippen LogP contribution in [0.4, 0.5) is 0 Å². The summed E-state index contributed by atoms with van der Waals surface area (Å²) in [7, 11) is 0. The van der Waals surface area contributed by atoms with E-state index in [0.29, 0.717) is 10.8 Å². The fourth-order valence-electron chi connectivity index (χ4n) is 4.00. The standard InChI is InChI=1S/C13H26/c1-5-12(6-2)10-9-11-13(12,7-3)8-4/h5-11H2,1-4H3. The summed E-state index contributed by atoms with van der Waals surface area (Å²) >= 11 is 0. The Morgan fingerprint density at radius 1 is 0.692 bits per heavy atom. The van der Waals surface area contributed by atoms with Crippen LogP contribution in [0.2, 0.25) is 0 Å². The first-order valence-electron chi connectivity index (χ1n) is 6.20. The zero-order valence-electron chi connectivity index (χ0n) is 9.95. The van der Waals surface area contributed by atoms with Crippen LogP contribution in [-0.4, -0.2) is 0 Å². The van der Waals surface area contributed by atoms with Gasteiger partial charge in [-0.25, -0.2) is 0 Å². The highest BCUT2D eigenvalue weighted by Gasteiger charge is 2.49. The van der Waals surface area contributed by atoms with Gasteiger partial charge in [0.25, 0.3) is 0 Å². The van der Waals surface area contributed by atoms with E-state index in [2.05, 4.69) is 27.7 Å². The maximum atomic E-state index is 2.40. The van der Waals surface area contributed by atoms with Gasteiger partial charge in [0, 0.05) is 0 Å². The molecule has 13 heavy (non-hydrogen) atoms. The molecular weight excluding hydrogens is 156 g/mol. The molecule has 78 valence electrons. The molecule has 1 saturated carbocycles. The molecule has 0 aliphatic heterocycles. The van der Waals surface area contributed by atoms with Gasteiger partial charge >= 0.3 is 0 Å². The Kier molecular flexibility index (Phi) is 3.43. The molecule has 0 amide bonds. The summed E-state index contributed by atoms with van der Waals surface area (Å²) in [4.78, 5) is 0. The van der Waals surface area contributed by atoms with Crippen LogP contribution in [0.1, 0.15) is 72.6 Å². The molecule has 0 unspecified atom stereocenters. The third-order valence-electron chi connectivity index (χ3n) is 5.14. The fraction of sp³-hybridized carbons (Fsp3) is 1.00. The fourth-order valence-corrected chi connectivity index (χ4v) is 4.00. The zero-order valence-corrected chi connectivity index (χ0v) is 9.95. The average molecular weight is 182 g/mol. The Bertz CT molecular complexity index is 131. The van der Waals surface area contributed by atoms with E-state index in [1.54, 1.807) is 0 Å². The van der Waals surface area contributed by atoms with Gasteiger partial charge in [-0.3, -0.25) is 0 Å². The third kappa shape index (κ3) is 1.43. The second-order valence-electron chi connectivity index (χ2n) is 4.83. The molecule has 0 aromatic heterocycles. The maximum absolute atomic E-state index is 2.40. The summed E-state index contributed by atoms with van der Waals surface area (Å²) in [6.07, 6.45) is 10.0. The van der Waals surface area contributed by atoms with Crippen LogP contribution >= 0.6 is 0 Å². The molecule has 0 atom stereocenters. The molecule has 1 fully saturated rings. The van der Waals surface area contributed by atoms with Crippen LogP contribution in [0.5, 0.6) is 0 Å². The Balaban J connectivity index is 2.92. The molecular formula is C13H26. The monoisotopic (exact) mass is 182 g/mol. The van der Waals surface area contributed by atoms with Gasteiger partial charge in [-0.1, -0.05) is 34.1 Å². The lowest BCUT2D eigenvalue weighted by molar-refractivity contribution is 0.0500. The molecule has 0 aromatic carbocycles. The van der Waals surface area contributed by atoms with E-state index in [1.165, 1.54) is 44.9 Å². The van der Waals surface area contributed by atoms with E-state index >= 15 is 0 Å². The highest BCUT2D eigenvalue weighted by atomic mass is 14.5. The van der Waals surface area contributed by atoms with Gasteiger partial charge in [0.05, 0.1) is 0 Å². The van der Waals surface area contributed by atoms with Gasteiger partial charge in [0.15, 0.2) is 0 Å². The molecule has 0 N–H and O–H groups in total. The van der Waals surface area contributed by atoms with E-state index in [-0.39, 0.29) is 0 Å². The van der Waals surface area contributed by atoms with Gasteiger partial charge in [0.1, 0.15) is 0 Å². The van der Waals surface area contributed by atoms with E-state index in [0.717, 1.165) is 0 Å². The van der Waals surface area contributed by atoms with Crippen molar-refractivity contribution in [3.05, 3.63) is 0 Å². The molecule has 0 aromatic rings. The molecule has 0 heterocycles. The first kappa shape index (κ1) is 11.1. The van der Waals surface area contributed by atoms with Crippen LogP contribution in [0, 0.1) is 10.8 Å². The SMILES string of the molecule is CCC1(CC)CCCC1(CC)CC. The number of hydrogen-bond acceptors (Lipinski definition) is 0. The van der Waals surface area contributed by atoms with Crippen molar-refractivity contribution in [2.24, 2.45) is 10.8 Å². The van der Waals surface area contributed by atoms with Gasteiger partial charge in [0.2, 0.25) is 0 Å². The minimum atomic E-state index is 0.691. The van der Waals surface area contributed by atoms with Crippen molar-refractivity contribution in [2.75, 3.05) is 0 Å². The predicted molar refractivity (Wildman–Crippen MR) is 59.9 cm³/mol. The molecule has 0 radical (unpaired) electrons. The summed E-state index contributed by atoms with van der Waals surface area (Å²) in [6, 6.07) is 0. The van der Waals surface area contributed by atoms with Gasteiger partial charge < -0.3 is 0 Å². The minimum Gasteiger partial charge on any atom is -0.0648 e. The lowest BCUT2D eigenvalue weighted by atomic mass is 9.60. The summed E-state index contributed by atoms with van der Waals surface area (Å²) in [5.74, 6) is 0. The van der Waals surface area contributed by atoms with Crippen molar-refractivity contribution in [3.8, 4) is 0 Å². The van der Waals surface area contributed by atoms with Crippen LogP contribution in [0.25, 0.3) is 0 Å². The molecule has 0 nitrogen and oxygen atoms in total. The zero-order chi connectivity index (χ0) is 9.95. The van der Waals surface area contributed by atoms with E-state index in [9.17, 15) is 0 Å². The Labute approximate surface area is 84.1 Å². The predicted octanol–water partition coefficient (Wildman–Crippen LogP) is 4.78. The number of rotatable bonds is 4. The van der Waals surface area contributed by atoms with Crippen molar-refractivity contribution in [3.63, 3.8) is 0 Å². The van der Waals surface area contributed by atoms with Gasteiger partial charge in [-0.15, -0.1) is 0 Å². The number of hydrogen-bond donors (Lipinski definition) is 0.